The molecule has 0 saturated carbocycles. The van der Waals surface area contributed by atoms with Gasteiger partial charge in [0.2, 0.25) is 0 Å². The van der Waals surface area contributed by atoms with Crippen molar-refractivity contribution in [1.29, 1.82) is 0 Å². The average Bonchev–Trinajstić information content (AvgIpc) is 2.52. The van der Waals surface area contributed by atoms with Crippen molar-refractivity contribution in [1.82, 2.24) is 0 Å². The Morgan fingerprint density at radius 2 is 1.71 bits per heavy atom. The molecule has 3 heteroatoms. The van der Waals surface area contributed by atoms with Gasteiger partial charge in [0.15, 0.2) is 0 Å². The highest BCUT2D eigenvalue weighted by atomic mass is 16.5. The smallest absolute Gasteiger partial charge is 0.121 e. The van der Waals surface area contributed by atoms with Crippen LogP contribution in [0.1, 0.15) is 36.1 Å². The normalized spacial score (nSPS) is 12.0. The van der Waals surface area contributed by atoms with Crippen LogP contribution in [-0.4, -0.2) is 18.8 Å². The summed E-state index contributed by atoms with van der Waals surface area (Å²) in [6.07, 6.45) is 0.338. The molecule has 0 heterocycles. The van der Waals surface area contributed by atoms with Crippen molar-refractivity contribution in [3.05, 3.63) is 59.2 Å². The standard InChI is InChI=1S/C18H22O3/c1-4-11-21-16-8-5-14(6-9-16)18(19)15-7-10-17(20-3)13(2)12-15/h5-10,12,18-19H,4,11H2,1-3H3. The predicted molar refractivity (Wildman–Crippen MR) is 84.0 cm³/mol. The number of aliphatic hydroxyl groups is 1. The number of aliphatic hydroxyl groups excluding tert-OH is 1. The van der Waals surface area contributed by atoms with Crippen LogP contribution in [0.15, 0.2) is 42.5 Å². The molecule has 0 aliphatic rings. The van der Waals surface area contributed by atoms with E-state index in [2.05, 4.69) is 6.92 Å². The van der Waals surface area contributed by atoms with Crippen LogP contribution in [0, 0.1) is 6.92 Å². The topological polar surface area (TPSA) is 38.7 Å². The van der Waals surface area contributed by atoms with E-state index in [1.54, 1.807) is 7.11 Å². The van der Waals surface area contributed by atoms with E-state index in [0.717, 1.165) is 34.6 Å². The number of benzene rings is 2. The molecular formula is C18H22O3. The fourth-order valence-corrected chi connectivity index (χ4v) is 2.23. The van der Waals surface area contributed by atoms with Crippen LogP contribution in [0.4, 0.5) is 0 Å². The highest BCUT2D eigenvalue weighted by Crippen LogP contribution is 2.27. The molecule has 0 bridgehead atoms. The van der Waals surface area contributed by atoms with Gasteiger partial charge in [-0.25, -0.2) is 0 Å². The van der Waals surface area contributed by atoms with Gasteiger partial charge in [-0.3, -0.25) is 0 Å². The van der Waals surface area contributed by atoms with Gasteiger partial charge in [0.05, 0.1) is 13.7 Å². The summed E-state index contributed by atoms with van der Waals surface area (Å²) >= 11 is 0. The van der Waals surface area contributed by atoms with Gasteiger partial charge in [-0.1, -0.05) is 25.1 Å². The second-order valence-corrected chi connectivity index (χ2v) is 5.05. The Balaban J connectivity index is 2.15. The van der Waals surface area contributed by atoms with Gasteiger partial charge in [-0.2, -0.15) is 0 Å². The maximum Gasteiger partial charge on any atom is 0.121 e. The molecule has 0 aliphatic heterocycles. The third kappa shape index (κ3) is 3.76. The molecule has 0 radical (unpaired) electrons. The Labute approximate surface area is 126 Å². The molecule has 112 valence electrons. The van der Waals surface area contributed by atoms with Gasteiger partial charge in [0.1, 0.15) is 17.6 Å². The second kappa shape index (κ2) is 7.14. The molecule has 2 aromatic rings. The van der Waals surface area contributed by atoms with Crippen LogP contribution in [0.2, 0.25) is 0 Å². The van der Waals surface area contributed by atoms with Crippen LogP contribution in [0.3, 0.4) is 0 Å². The maximum atomic E-state index is 10.5. The Hall–Kier alpha value is -2.00. The molecule has 2 rings (SSSR count). The van der Waals surface area contributed by atoms with Gasteiger partial charge >= 0.3 is 0 Å². The molecule has 0 amide bonds. The molecular weight excluding hydrogens is 264 g/mol. The lowest BCUT2D eigenvalue weighted by atomic mass is 9.99. The minimum absolute atomic E-state index is 0.644. The van der Waals surface area contributed by atoms with Gasteiger partial charge in [0, 0.05) is 0 Å². The summed E-state index contributed by atoms with van der Waals surface area (Å²) in [6.45, 7) is 4.75. The summed E-state index contributed by atoms with van der Waals surface area (Å²) in [6, 6.07) is 13.3. The molecule has 2 aromatic carbocycles. The van der Waals surface area contributed by atoms with Crippen molar-refractivity contribution in [2.24, 2.45) is 0 Å². The van der Waals surface area contributed by atoms with Crippen molar-refractivity contribution in [2.45, 2.75) is 26.4 Å². The molecule has 1 atom stereocenters. The first-order valence-corrected chi connectivity index (χ1v) is 7.21. The zero-order valence-corrected chi connectivity index (χ0v) is 12.8. The highest BCUT2D eigenvalue weighted by molar-refractivity contribution is 5.40. The Morgan fingerprint density at radius 1 is 1.05 bits per heavy atom. The van der Waals surface area contributed by atoms with Gasteiger partial charge < -0.3 is 14.6 Å². The minimum atomic E-state index is -0.644. The summed E-state index contributed by atoms with van der Waals surface area (Å²) < 4.78 is 10.8. The van der Waals surface area contributed by atoms with Gasteiger partial charge in [-0.05, 0) is 54.3 Å². The van der Waals surface area contributed by atoms with Crippen molar-refractivity contribution in [3.63, 3.8) is 0 Å². The van der Waals surface area contributed by atoms with Gasteiger partial charge in [0.25, 0.3) is 0 Å². The number of hydrogen-bond donors (Lipinski definition) is 1. The Morgan fingerprint density at radius 3 is 2.29 bits per heavy atom. The van der Waals surface area contributed by atoms with Crippen LogP contribution >= 0.6 is 0 Å². The first-order valence-electron chi connectivity index (χ1n) is 7.21. The van der Waals surface area contributed by atoms with Crippen LogP contribution in [0.5, 0.6) is 11.5 Å². The van der Waals surface area contributed by atoms with E-state index in [1.807, 2.05) is 49.4 Å². The summed E-state index contributed by atoms with van der Waals surface area (Å²) in [5, 5.41) is 10.5. The number of hydrogen-bond acceptors (Lipinski definition) is 3. The molecule has 1 unspecified atom stereocenters. The molecule has 0 fully saturated rings. The number of rotatable bonds is 6. The fourth-order valence-electron chi connectivity index (χ4n) is 2.23. The van der Waals surface area contributed by atoms with Gasteiger partial charge in [-0.15, -0.1) is 0 Å². The molecule has 21 heavy (non-hydrogen) atoms. The van der Waals surface area contributed by atoms with Crippen LogP contribution in [-0.2, 0) is 0 Å². The number of ether oxygens (including phenoxy) is 2. The lowest BCUT2D eigenvalue weighted by Gasteiger charge is -2.14. The van der Waals surface area contributed by atoms with E-state index < -0.39 is 6.10 Å². The average molecular weight is 286 g/mol. The third-order valence-electron chi connectivity index (χ3n) is 3.40. The fraction of sp³-hybridized carbons (Fsp3) is 0.333. The van der Waals surface area contributed by atoms with Crippen molar-refractivity contribution in [2.75, 3.05) is 13.7 Å². The lowest BCUT2D eigenvalue weighted by molar-refractivity contribution is 0.220. The first kappa shape index (κ1) is 15.4. The summed E-state index contributed by atoms with van der Waals surface area (Å²) in [5.74, 6) is 1.66. The quantitative estimate of drug-likeness (QED) is 0.876. The first-order chi connectivity index (χ1) is 10.2. The van der Waals surface area contributed by atoms with Crippen molar-refractivity contribution < 1.29 is 14.6 Å². The predicted octanol–water partition coefficient (Wildman–Crippen LogP) is 3.87. The molecule has 1 N–H and O–H groups in total. The monoisotopic (exact) mass is 286 g/mol. The molecule has 3 nitrogen and oxygen atoms in total. The zero-order valence-electron chi connectivity index (χ0n) is 12.8. The zero-order chi connectivity index (χ0) is 15.2. The van der Waals surface area contributed by atoms with E-state index in [9.17, 15) is 5.11 Å². The molecule has 0 aromatic heterocycles. The second-order valence-electron chi connectivity index (χ2n) is 5.05. The van der Waals surface area contributed by atoms with Crippen molar-refractivity contribution >= 4 is 0 Å². The van der Waals surface area contributed by atoms with E-state index in [1.165, 1.54) is 0 Å². The lowest BCUT2D eigenvalue weighted by Crippen LogP contribution is -2.01. The Bertz CT molecular complexity index is 576. The van der Waals surface area contributed by atoms with E-state index in [0.29, 0.717) is 6.61 Å². The number of aryl methyl sites for hydroxylation is 1. The van der Waals surface area contributed by atoms with E-state index in [-0.39, 0.29) is 0 Å². The Kier molecular flexibility index (Phi) is 5.23. The SMILES string of the molecule is CCCOc1ccc(C(O)c2ccc(OC)c(C)c2)cc1. The van der Waals surface area contributed by atoms with Crippen LogP contribution in [0.25, 0.3) is 0 Å². The largest absolute Gasteiger partial charge is 0.496 e. The highest BCUT2D eigenvalue weighted by Gasteiger charge is 2.12. The third-order valence-corrected chi connectivity index (χ3v) is 3.40. The summed E-state index contributed by atoms with van der Waals surface area (Å²) in [5.41, 5.74) is 2.72. The molecule has 0 spiro atoms. The minimum Gasteiger partial charge on any atom is -0.496 e. The van der Waals surface area contributed by atoms with E-state index >= 15 is 0 Å². The maximum absolute atomic E-state index is 10.5. The summed E-state index contributed by atoms with van der Waals surface area (Å²) in [7, 11) is 1.65. The van der Waals surface area contributed by atoms with Crippen molar-refractivity contribution in [3.8, 4) is 11.5 Å². The summed E-state index contributed by atoms with van der Waals surface area (Å²) in [4.78, 5) is 0. The van der Waals surface area contributed by atoms with E-state index in [4.69, 9.17) is 9.47 Å². The molecule has 0 aliphatic carbocycles. The molecule has 0 saturated heterocycles. The number of methoxy groups -OCH3 is 1. The van der Waals surface area contributed by atoms with Crippen LogP contribution < -0.4 is 9.47 Å².